The molecule has 0 spiro atoms. The molecule has 3 rings (SSSR count). The van der Waals surface area contributed by atoms with E-state index in [0.29, 0.717) is 12.5 Å². The van der Waals surface area contributed by atoms with Gasteiger partial charge in [0, 0.05) is 12.5 Å². The quantitative estimate of drug-likeness (QED) is 0.752. The Morgan fingerprint density at radius 3 is 2.93 bits per heavy atom. The molecule has 0 radical (unpaired) electrons. The molecule has 2 heterocycles. The number of aromatic amines is 1. The van der Waals surface area contributed by atoms with Gasteiger partial charge in [0.25, 0.3) is 0 Å². The minimum Gasteiger partial charge on any atom is -0.378 e. The summed E-state index contributed by atoms with van der Waals surface area (Å²) in [7, 11) is 0. The van der Waals surface area contributed by atoms with Crippen LogP contribution in [0.4, 0.5) is 0 Å². The van der Waals surface area contributed by atoms with Gasteiger partial charge in [-0.05, 0) is 12.8 Å². The third-order valence-electron chi connectivity index (χ3n) is 3.24. The monoisotopic (exact) mass is 208 g/mol. The van der Waals surface area contributed by atoms with Gasteiger partial charge in [-0.2, -0.15) is 5.10 Å². The number of nitrogens with one attached hydrogen (secondary N) is 2. The zero-order chi connectivity index (χ0) is 10.1. The van der Waals surface area contributed by atoms with E-state index in [-0.39, 0.29) is 6.04 Å². The average molecular weight is 208 g/mol. The summed E-state index contributed by atoms with van der Waals surface area (Å²) in [5.74, 6) is 2.51. The first kappa shape index (κ1) is 9.30. The predicted molar refractivity (Wildman–Crippen MR) is 54.5 cm³/mol. The lowest BCUT2D eigenvalue weighted by Gasteiger charge is -2.22. The third-order valence-corrected chi connectivity index (χ3v) is 3.24. The van der Waals surface area contributed by atoms with Crippen molar-refractivity contribution in [2.24, 2.45) is 0 Å². The van der Waals surface area contributed by atoms with Gasteiger partial charge in [0.05, 0.1) is 19.3 Å². The van der Waals surface area contributed by atoms with E-state index in [4.69, 9.17) is 4.74 Å². The fourth-order valence-corrected chi connectivity index (χ4v) is 2.03. The highest BCUT2D eigenvalue weighted by Gasteiger charge is 2.25. The van der Waals surface area contributed by atoms with Crippen LogP contribution in [0.5, 0.6) is 0 Å². The fraction of sp³-hybridized carbons (Fsp3) is 0.800. The molecule has 0 aromatic carbocycles. The summed E-state index contributed by atoms with van der Waals surface area (Å²) in [6, 6.07) is 0.195. The molecule has 1 saturated heterocycles. The molecule has 1 aliphatic carbocycles. The number of rotatable bonds is 2. The predicted octanol–water partition coefficient (Wildman–Crippen LogP) is 0.733. The summed E-state index contributed by atoms with van der Waals surface area (Å²) in [4.78, 5) is 4.55. The van der Waals surface area contributed by atoms with Gasteiger partial charge in [-0.1, -0.05) is 6.42 Å². The van der Waals surface area contributed by atoms with Gasteiger partial charge < -0.3 is 10.1 Å². The Hall–Kier alpha value is -0.940. The second kappa shape index (κ2) is 3.90. The van der Waals surface area contributed by atoms with Crippen molar-refractivity contribution in [1.29, 1.82) is 0 Å². The molecule has 0 amide bonds. The molecule has 82 valence electrons. The summed E-state index contributed by atoms with van der Waals surface area (Å²) in [6.07, 6.45) is 3.80. The van der Waals surface area contributed by atoms with Crippen molar-refractivity contribution < 1.29 is 4.74 Å². The molecular weight excluding hydrogens is 192 g/mol. The van der Waals surface area contributed by atoms with Gasteiger partial charge in [-0.15, -0.1) is 0 Å². The van der Waals surface area contributed by atoms with Crippen molar-refractivity contribution >= 4 is 0 Å². The third kappa shape index (κ3) is 1.77. The summed E-state index contributed by atoms with van der Waals surface area (Å²) in [5.41, 5.74) is 0. The van der Waals surface area contributed by atoms with E-state index in [0.717, 1.165) is 24.8 Å². The molecule has 2 N–H and O–H groups in total. The summed E-state index contributed by atoms with van der Waals surface area (Å²) in [6.45, 7) is 2.38. The van der Waals surface area contributed by atoms with Crippen molar-refractivity contribution in [2.45, 2.75) is 31.2 Å². The van der Waals surface area contributed by atoms with E-state index in [1.807, 2.05) is 0 Å². The van der Waals surface area contributed by atoms with Crippen molar-refractivity contribution in [3.63, 3.8) is 0 Å². The van der Waals surface area contributed by atoms with E-state index >= 15 is 0 Å². The molecule has 1 aromatic heterocycles. The molecule has 1 aliphatic heterocycles. The second-order valence-corrected chi connectivity index (χ2v) is 4.29. The summed E-state index contributed by atoms with van der Waals surface area (Å²) >= 11 is 0. The van der Waals surface area contributed by atoms with Crippen LogP contribution in [-0.4, -0.2) is 34.9 Å². The molecule has 15 heavy (non-hydrogen) atoms. The van der Waals surface area contributed by atoms with Crippen molar-refractivity contribution in [2.75, 3.05) is 19.8 Å². The van der Waals surface area contributed by atoms with Crippen LogP contribution in [0, 0.1) is 0 Å². The fourth-order valence-electron chi connectivity index (χ4n) is 2.03. The van der Waals surface area contributed by atoms with Crippen LogP contribution in [-0.2, 0) is 4.74 Å². The highest BCUT2D eigenvalue weighted by Crippen LogP contribution is 2.34. The van der Waals surface area contributed by atoms with E-state index in [1.165, 1.54) is 19.3 Å². The number of H-pyrrole nitrogens is 1. The zero-order valence-corrected chi connectivity index (χ0v) is 8.70. The molecular formula is C10H16N4O. The second-order valence-electron chi connectivity index (χ2n) is 4.29. The Kier molecular flexibility index (Phi) is 2.42. The Morgan fingerprint density at radius 2 is 2.27 bits per heavy atom. The highest BCUT2D eigenvalue weighted by atomic mass is 16.5. The topological polar surface area (TPSA) is 62.8 Å². The van der Waals surface area contributed by atoms with Gasteiger partial charge in [-0.3, -0.25) is 5.10 Å². The Balaban J connectivity index is 1.71. The van der Waals surface area contributed by atoms with E-state index in [1.54, 1.807) is 0 Å². The van der Waals surface area contributed by atoms with Crippen LogP contribution in [0.15, 0.2) is 0 Å². The lowest BCUT2D eigenvalue weighted by atomic mass is 9.85. The number of aromatic nitrogens is 3. The minimum absolute atomic E-state index is 0.195. The Bertz CT molecular complexity index is 328. The first-order valence-corrected chi connectivity index (χ1v) is 5.67. The van der Waals surface area contributed by atoms with Crippen LogP contribution < -0.4 is 5.32 Å². The van der Waals surface area contributed by atoms with Crippen LogP contribution >= 0.6 is 0 Å². The van der Waals surface area contributed by atoms with E-state index in [2.05, 4.69) is 20.5 Å². The van der Waals surface area contributed by atoms with Crippen molar-refractivity contribution in [1.82, 2.24) is 20.5 Å². The van der Waals surface area contributed by atoms with Gasteiger partial charge in [0.1, 0.15) is 5.82 Å². The Labute approximate surface area is 88.6 Å². The van der Waals surface area contributed by atoms with Crippen LogP contribution in [0.25, 0.3) is 0 Å². The summed E-state index contributed by atoms with van der Waals surface area (Å²) in [5, 5.41) is 10.7. The SMILES string of the molecule is C1CC(c2n[nH]c(C3COCCN3)n2)C1. The first-order chi connectivity index (χ1) is 7.43. The molecule has 1 atom stereocenters. The Morgan fingerprint density at radius 1 is 1.33 bits per heavy atom. The molecule has 5 heteroatoms. The van der Waals surface area contributed by atoms with E-state index < -0.39 is 0 Å². The van der Waals surface area contributed by atoms with Gasteiger partial charge in [0.15, 0.2) is 5.82 Å². The van der Waals surface area contributed by atoms with Crippen molar-refractivity contribution in [3.8, 4) is 0 Å². The normalized spacial score (nSPS) is 27.6. The maximum Gasteiger partial charge on any atom is 0.153 e. The lowest BCUT2D eigenvalue weighted by molar-refractivity contribution is 0.0743. The average Bonchev–Trinajstić information content (AvgIpc) is 2.66. The molecule has 2 fully saturated rings. The molecule has 0 bridgehead atoms. The van der Waals surface area contributed by atoms with Gasteiger partial charge in [-0.25, -0.2) is 4.98 Å². The molecule has 1 aromatic rings. The lowest BCUT2D eigenvalue weighted by Crippen LogP contribution is -2.35. The molecule has 1 unspecified atom stereocenters. The molecule has 1 saturated carbocycles. The van der Waals surface area contributed by atoms with E-state index in [9.17, 15) is 0 Å². The number of ether oxygens (including phenoxy) is 1. The number of hydrogen-bond donors (Lipinski definition) is 2. The first-order valence-electron chi connectivity index (χ1n) is 5.67. The maximum absolute atomic E-state index is 5.40. The number of hydrogen-bond acceptors (Lipinski definition) is 4. The molecule has 5 nitrogen and oxygen atoms in total. The van der Waals surface area contributed by atoms with Gasteiger partial charge >= 0.3 is 0 Å². The van der Waals surface area contributed by atoms with Crippen LogP contribution in [0.1, 0.15) is 42.9 Å². The van der Waals surface area contributed by atoms with Crippen LogP contribution in [0.2, 0.25) is 0 Å². The summed E-state index contributed by atoms with van der Waals surface area (Å²) < 4.78 is 5.40. The number of morpholine rings is 1. The molecule has 2 aliphatic rings. The largest absolute Gasteiger partial charge is 0.378 e. The zero-order valence-electron chi connectivity index (χ0n) is 8.70. The van der Waals surface area contributed by atoms with Gasteiger partial charge in [0.2, 0.25) is 0 Å². The number of nitrogens with zero attached hydrogens (tertiary/aromatic N) is 2. The van der Waals surface area contributed by atoms with Crippen molar-refractivity contribution in [3.05, 3.63) is 11.6 Å². The highest BCUT2D eigenvalue weighted by molar-refractivity contribution is 5.04. The smallest absolute Gasteiger partial charge is 0.153 e. The maximum atomic E-state index is 5.40. The van der Waals surface area contributed by atoms with Crippen LogP contribution in [0.3, 0.4) is 0 Å². The minimum atomic E-state index is 0.195. The standard InChI is InChI=1S/C10H16N4O/c1-2-7(3-1)9-12-10(14-13-9)8-6-15-5-4-11-8/h7-8,11H,1-6H2,(H,12,13,14).